The zero-order valence-corrected chi connectivity index (χ0v) is 14.5. The number of aromatic nitrogens is 1. The summed E-state index contributed by atoms with van der Waals surface area (Å²) < 4.78 is 5.09. The molecule has 1 saturated heterocycles. The molecule has 0 unspecified atom stereocenters. The third-order valence-electron chi connectivity index (χ3n) is 4.41. The molecule has 6 heteroatoms. The molecule has 1 fully saturated rings. The smallest absolute Gasteiger partial charge is 0.322 e. The lowest BCUT2D eigenvalue weighted by Crippen LogP contribution is -2.49. The van der Waals surface area contributed by atoms with Crippen molar-refractivity contribution < 1.29 is 9.32 Å². The number of urea groups is 1. The maximum absolute atomic E-state index is 12.4. The minimum absolute atomic E-state index is 0.0837. The quantitative estimate of drug-likeness (QED) is 0.941. The van der Waals surface area contributed by atoms with Crippen molar-refractivity contribution in [1.82, 2.24) is 15.0 Å². The average Bonchev–Trinajstić information content (AvgIpc) is 2.87. The van der Waals surface area contributed by atoms with E-state index in [-0.39, 0.29) is 6.03 Å². The van der Waals surface area contributed by atoms with E-state index in [1.165, 1.54) is 11.1 Å². The fourth-order valence-electron chi connectivity index (χ4n) is 3.03. The molecule has 6 nitrogen and oxygen atoms in total. The first kappa shape index (κ1) is 16.5. The van der Waals surface area contributed by atoms with Crippen LogP contribution in [-0.4, -0.2) is 47.2 Å². The molecular formula is C18H24N4O2. The van der Waals surface area contributed by atoms with Gasteiger partial charge in [-0.1, -0.05) is 35.0 Å². The Morgan fingerprint density at radius 2 is 1.96 bits per heavy atom. The molecule has 1 aliphatic rings. The molecule has 0 bridgehead atoms. The fourth-order valence-corrected chi connectivity index (χ4v) is 3.03. The maximum atomic E-state index is 12.4. The Kier molecular flexibility index (Phi) is 4.85. The van der Waals surface area contributed by atoms with E-state index in [1.54, 1.807) is 6.92 Å². The second-order valence-corrected chi connectivity index (χ2v) is 6.38. The van der Waals surface area contributed by atoms with Crippen molar-refractivity contribution in [3.8, 4) is 0 Å². The Bertz CT molecular complexity index is 698. The summed E-state index contributed by atoms with van der Waals surface area (Å²) in [5.41, 5.74) is 4.00. The number of hydrogen-bond acceptors (Lipinski definition) is 4. The van der Waals surface area contributed by atoms with Crippen molar-refractivity contribution in [2.75, 3.05) is 31.5 Å². The van der Waals surface area contributed by atoms with Gasteiger partial charge in [0.2, 0.25) is 0 Å². The Labute approximate surface area is 142 Å². The van der Waals surface area contributed by atoms with Crippen LogP contribution < -0.4 is 5.32 Å². The lowest BCUT2D eigenvalue weighted by molar-refractivity contribution is 0.143. The van der Waals surface area contributed by atoms with Crippen molar-refractivity contribution >= 4 is 11.7 Å². The van der Waals surface area contributed by atoms with Crippen LogP contribution in [0.15, 0.2) is 28.8 Å². The highest BCUT2D eigenvalue weighted by molar-refractivity contribution is 5.90. The van der Waals surface area contributed by atoms with E-state index in [0.717, 1.165) is 32.7 Å². The number of anilines is 1. The summed E-state index contributed by atoms with van der Waals surface area (Å²) in [6, 6.07) is 8.50. The Morgan fingerprint density at radius 1 is 1.21 bits per heavy atom. The van der Waals surface area contributed by atoms with Gasteiger partial charge in [0, 0.05) is 32.7 Å². The Hall–Kier alpha value is -2.34. The molecule has 0 saturated carbocycles. The molecule has 0 spiro atoms. The summed E-state index contributed by atoms with van der Waals surface area (Å²) in [7, 11) is 0. The monoisotopic (exact) mass is 328 g/mol. The van der Waals surface area contributed by atoms with E-state index in [1.807, 2.05) is 11.8 Å². The highest BCUT2D eigenvalue weighted by Crippen LogP contribution is 2.19. The van der Waals surface area contributed by atoms with Gasteiger partial charge in [-0.2, -0.15) is 0 Å². The number of carbonyl (C=O) groups is 1. The molecule has 1 aliphatic heterocycles. The largest absolute Gasteiger partial charge is 0.359 e. The summed E-state index contributed by atoms with van der Waals surface area (Å²) in [5.74, 6) is 0.638. The minimum Gasteiger partial charge on any atom is -0.359 e. The lowest BCUT2D eigenvalue weighted by atomic mass is 10.1. The first-order valence-electron chi connectivity index (χ1n) is 8.29. The normalized spacial score (nSPS) is 15.5. The number of nitrogens with zero attached hydrogens (tertiary/aromatic N) is 3. The molecule has 0 aliphatic carbocycles. The molecule has 0 radical (unpaired) electrons. The van der Waals surface area contributed by atoms with E-state index in [0.29, 0.717) is 17.1 Å². The van der Waals surface area contributed by atoms with Crippen LogP contribution in [0, 0.1) is 20.8 Å². The average molecular weight is 328 g/mol. The van der Waals surface area contributed by atoms with E-state index in [4.69, 9.17) is 4.52 Å². The van der Waals surface area contributed by atoms with Gasteiger partial charge >= 0.3 is 6.03 Å². The third-order valence-corrected chi connectivity index (χ3v) is 4.41. The number of nitrogens with one attached hydrogen (secondary N) is 1. The number of amides is 2. The van der Waals surface area contributed by atoms with Crippen molar-refractivity contribution in [3.63, 3.8) is 0 Å². The van der Waals surface area contributed by atoms with Crippen molar-refractivity contribution in [3.05, 3.63) is 46.8 Å². The number of piperazine rings is 1. The van der Waals surface area contributed by atoms with Crippen LogP contribution in [-0.2, 0) is 6.54 Å². The number of aryl methyl sites for hydroxylation is 3. The molecule has 2 heterocycles. The van der Waals surface area contributed by atoms with Crippen molar-refractivity contribution in [1.29, 1.82) is 0 Å². The van der Waals surface area contributed by atoms with Crippen LogP contribution in [0.2, 0.25) is 0 Å². The SMILES string of the molecule is Cc1cccc(CN2CCN(C(=O)Nc3c(C)noc3C)CC2)c1. The summed E-state index contributed by atoms with van der Waals surface area (Å²) >= 11 is 0. The van der Waals surface area contributed by atoms with E-state index in [9.17, 15) is 4.79 Å². The van der Waals surface area contributed by atoms with Crippen LogP contribution in [0.1, 0.15) is 22.6 Å². The first-order chi connectivity index (χ1) is 11.5. The summed E-state index contributed by atoms with van der Waals surface area (Å²) in [6.45, 7) is 9.87. The van der Waals surface area contributed by atoms with Crippen LogP contribution in [0.5, 0.6) is 0 Å². The maximum Gasteiger partial charge on any atom is 0.322 e. The van der Waals surface area contributed by atoms with Gasteiger partial charge in [-0.15, -0.1) is 0 Å². The summed E-state index contributed by atoms with van der Waals surface area (Å²) in [5, 5.41) is 6.78. The predicted molar refractivity (Wildman–Crippen MR) is 93.0 cm³/mol. The number of carbonyl (C=O) groups excluding carboxylic acids is 1. The van der Waals surface area contributed by atoms with E-state index < -0.39 is 0 Å². The summed E-state index contributed by atoms with van der Waals surface area (Å²) in [6.07, 6.45) is 0. The van der Waals surface area contributed by atoms with Crippen molar-refractivity contribution in [2.45, 2.75) is 27.3 Å². The van der Waals surface area contributed by atoms with Crippen molar-refractivity contribution in [2.24, 2.45) is 0 Å². The highest BCUT2D eigenvalue weighted by Gasteiger charge is 2.22. The zero-order valence-electron chi connectivity index (χ0n) is 14.5. The van der Waals surface area contributed by atoms with Gasteiger partial charge < -0.3 is 14.7 Å². The molecule has 3 rings (SSSR count). The fraction of sp³-hybridized carbons (Fsp3) is 0.444. The molecule has 128 valence electrons. The minimum atomic E-state index is -0.0837. The second-order valence-electron chi connectivity index (χ2n) is 6.38. The first-order valence-corrected chi connectivity index (χ1v) is 8.29. The van der Waals surface area contributed by atoms with Crippen LogP contribution in [0.3, 0.4) is 0 Å². The predicted octanol–water partition coefficient (Wildman–Crippen LogP) is 2.95. The number of benzene rings is 1. The Morgan fingerprint density at radius 3 is 2.58 bits per heavy atom. The van der Waals surface area contributed by atoms with Crippen LogP contribution >= 0.6 is 0 Å². The molecule has 1 aromatic heterocycles. The third kappa shape index (κ3) is 3.76. The number of hydrogen-bond donors (Lipinski definition) is 1. The van der Waals surface area contributed by atoms with Gasteiger partial charge in [-0.05, 0) is 26.3 Å². The van der Waals surface area contributed by atoms with Gasteiger partial charge in [-0.25, -0.2) is 4.79 Å². The summed E-state index contributed by atoms with van der Waals surface area (Å²) in [4.78, 5) is 16.6. The lowest BCUT2D eigenvalue weighted by Gasteiger charge is -2.34. The molecule has 2 aromatic rings. The molecule has 2 amide bonds. The standard InChI is InChI=1S/C18H24N4O2/c1-13-5-4-6-16(11-13)12-21-7-9-22(10-8-21)18(23)19-17-14(2)20-24-15(17)3/h4-6,11H,7-10,12H2,1-3H3,(H,19,23). The van der Waals surface area contributed by atoms with Gasteiger partial charge in [-0.3, -0.25) is 4.90 Å². The van der Waals surface area contributed by atoms with Gasteiger partial charge in [0.15, 0.2) is 5.76 Å². The second kappa shape index (κ2) is 7.05. The van der Waals surface area contributed by atoms with E-state index >= 15 is 0 Å². The van der Waals surface area contributed by atoms with Gasteiger partial charge in [0.1, 0.15) is 11.4 Å². The molecule has 1 aromatic carbocycles. The van der Waals surface area contributed by atoms with Gasteiger partial charge in [0.05, 0.1) is 0 Å². The van der Waals surface area contributed by atoms with Gasteiger partial charge in [0.25, 0.3) is 0 Å². The molecular weight excluding hydrogens is 304 g/mol. The highest BCUT2D eigenvalue weighted by atomic mass is 16.5. The van der Waals surface area contributed by atoms with Crippen LogP contribution in [0.4, 0.5) is 10.5 Å². The molecule has 0 atom stereocenters. The van der Waals surface area contributed by atoms with Crippen LogP contribution in [0.25, 0.3) is 0 Å². The zero-order chi connectivity index (χ0) is 17.1. The topological polar surface area (TPSA) is 61.6 Å². The molecule has 24 heavy (non-hydrogen) atoms. The molecule has 1 N–H and O–H groups in total. The van der Waals surface area contributed by atoms with E-state index in [2.05, 4.69) is 46.6 Å². The Balaban J connectivity index is 1.52. The number of rotatable bonds is 3.